The quantitative estimate of drug-likeness (QED) is 0.641. The van der Waals surface area contributed by atoms with E-state index >= 15 is 0 Å². The topological polar surface area (TPSA) is 79.4 Å². The van der Waals surface area contributed by atoms with E-state index in [-0.39, 0.29) is 10.8 Å². The fourth-order valence-corrected chi connectivity index (χ4v) is 6.33. The minimum atomic E-state index is -3.78. The highest BCUT2D eigenvalue weighted by molar-refractivity contribution is 7.89. The van der Waals surface area contributed by atoms with Crippen molar-refractivity contribution in [3.63, 3.8) is 0 Å². The van der Waals surface area contributed by atoms with Crippen molar-refractivity contribution in [1.29, 1.82) is 0 Å². The highest BCUT2D eigenvalue weighted by Crippen LogP contribution is 2.32. The molecule has 1 unspecified atom stereocenters. The summed E-state index contributed by atoms with van der Waals surface area (Å²) in [4.78, 5) is 17.6. The van der Waals surface area contributed by atoms with Gasteiger partial charge in [0.1, 0.15) is 6.04 Å². The predicted molar refractivity (Wildman–Crippen MR) is 116 cm³/mol. The van der Waals surface area contributed by atoms with Crippen LogP contribution in [0, 0.1) is 13.8 Å². The first kappa shape index (κ1) is 20.3. The monoisotopic (exact) mass is 449 g/mol. The maximum atomic E-state index is 13.0. The summed E-state index contributed by atoms with van der Waals surface area (Å²) in [5, 5.41) is 3.78. The Bertz CT molecular complexity index is 1150. The number of hydrogen-bond donors (Lipinski definition) is 1. The summed E-state index contributed by atoms with van der Waals surface area (Å²) >= 11 is 7.27. The fourth-order valence-electron chi connectivity index (χ4n) is 3.53. The van der Waals surface area contributed by atoms with E-state index in [1.807, 2.05) is 26.0 Å². The van der Waals surface area contributed by atoms with Crippen LogP contribution < -0.4 is 5.32 Å². The molecular formula is C20H20ClN3O3S2. The standard InChI is InChI=1S/C20H20ClN3O3S2/c1-12-5-6-13(2)18-17(12)22-20(28-18)23-19(25)16-4-3-11-24(16)29(26,27)15-9-7-14(21)8-10-15/h5-10,16H,3-4,11H2,1-2H3,(H,22,23,25). The van der Waals surface area contributed by atoms with Crippen LogP contribution in [0.4, 0.5) is 5.13 Å². The number of benzene rings is 2. The van der Waals surface area contributed by atoms with Gasteiger partial charge in [0.05, 0.1) is 15.1 Å². The molecule has 29 heavy (non-hydrogen) atoms. The molecule has 2 heterocycles. The van der Waals surface area contributed by atoms with Gasteiger partial charge in [-0.15, -0.1) is 0 Å². The normalized spacial score (nSPS) is 17.7. The summed E-state index contributed by atoms with van der Waals surface area (Å²) in [5.74, 6) is -0.352. The zero-order valence-corrected chi connectivity index (χ0v) is 18.4. The third-order valence-corrected chi connectivity index (χ3v) is 8.38. The molecule has 2 aromatic carbocycles. The summed E-state index contributed by atoms with van der Waals surface area (Å²) in [6.07, 6.45) is 1.10. The molecule has 0 radical (unpaired) electrons. The largest absolute Gasteiger partial charge is 0.301 e. The lowest BCUT2D eigenvalue weighted by Gasteiger charge is -2.23. The summed E-state index contributed by atoms with van der Waals surface area (Å²) in [6, 6.07) is 9.26. The lowest BCUT2D eigenvalue weighted by atomic mass is 10.1. The zero-order valence-electron chi connectivity index (χ0n) is 16.0. The first-order valence-corrected chi connectivity index (χ1v) is 11.9. The van der Waals surface area contributed by atoms with Gasteiger partial charge in [-0.25, -0.2) is 13.4 Å². The van der Waals surface area contributed by atoms with Crippen LogP contribution in [0.2, 0.25) is 5.02 Å². The molecule has 0 aliphatic carbocycles. The van der Waals surface area contributed by atoms with Gasteiger partial charge in [-0.2, -0.15) is 4.31 Å². The van der Waals surface area contributed by atoms with Crippen molar-refractivity contribution in [3.05, 3.63) is 52.5 Å². The maximum absolute atomic E-state index is 13.0. The number of anilines is 1. The molecule has 152 valence electrons. The number of nitrogens with one attached hydrogen (secondary N) is 1. The van der Waals surface area contributed by atoms with Gasteiger partial charge in [-0.05, 0) is 62.1 Å². The van der Waals surface area contributed by atoms with Crippen molar-refractivity contribution < 1.29 is 13.2 Å². The van der Waals surface area contributed by atoms with Crippen LogP contribution in [0.1, 0.15) is 24.0 Å². The van der Waals surface area contributed by atoms with E-state index in [9.17, 15) is 13.2 Å². The molecule has 4 rings (SSSR count). The van der Waals surface area contributed by atoms with Gasteiger partial charge in [-0.1, -0.05) is 35.1 Å². The van der Waals surface area contributed by atoms with Gasteiger partial charge in [0, 0.05) is 11.6 Å². The van der Waals surface area contributed by atoms with Gasteiger partial charge in [0.25, 0.3) is 0 Å². The maximum Gasteiger partial charge on any atom is 0.244 e. The van der Waals surface area contributed by atoms with Crippen molar-refractivity contribution in [2.75, 3.05) is 11.9 Å². The SMILES string of the molecule is Cc1ccc(C)c2sc(NC(=O)C3CCCN3S(=O)(=O)c3ccc(Cl)cc3)nc12. The molecule has 1 aliphatic rings. The van der Waals surface area contributed by atoms with E-state index in [2.05, 4.69) is 10.3 Å². The zero-order chi connectivity index (χ0) is 20.8. The number of aromatic nitrogens is 1. The Morgan fingerprint density at radius 1 is 1.17 bits per heavy atom. The van der Waals surface area contributed by atoms with E-state index in [0.717, 1.165) is 21.3 Å². The molecule has 3 aromatic rings. The molecule has 1 aromatic heterocycles. The van der Waals surface area contributed by atoms with E-state index in [1.165, 1.54) is 39.9 Å². The number of amides is 1. The number of fused-ring (bicyclic) bond motifs is 1. The number of nitrogens with zero attached hydrogens (tertiary/aromatic N) is 2. The van der Waals surface area contributed by atoms with Gasteiger partial charge < -0.3 is 5.32 Å². The molecule has 1 aliphatic heterocycles. The number of carbonyl (C=O) groups is 1. The Balaban J connectivity index is 1.59. The van der Waals surface area contributed by atoms with Gasteiger partial charge in [-0.3, -0.25) is 4.79 Å². The van der Waals surface area contributed by atoms with Gasteiger partial charge >= 0.3 is 0 Å². The number of halogens is 1. The molecule has 1 amide bonds. The second-order valence-corrected chi connectivity index (χ2v) is 10.4. The summed E-state index contributed by atoms with van der Waals surface area (Å²) < 4.78 is 28.4. The average Bonchev–Trinajstić information content (AvgIpc) is 3.33. The highest BCUT2D eigenvalue weighted by Gasteiger charge is 2.39. The van der Waals surface area contributed by atoms with Gasteiger partial charge in [0.15, 0.2) is 5.13 Å². The minimum Gasteiger partial charge on any atom is -0.301 e. The Labute approximate surface area is 178 Å². The van der Waals surface area contributed by atoms with Crippen molar-refractivity contribution >= 4 is 54.2 Å². The number of aryl methyl sites for hydroxylation is 2. The second kappa shape index (κ2) is 7.68. The van der Waals surface area contributed by atoms with Crippen molar-refractivity contribution in [2.45, 2.75) is 37.6 Å². The Kier molecular flexibility index (Phi) is 5.37. The van der Waals surface area contributed by atoms with E-state index in [1.54, 1.807) is 0 Å². The Hall–Kier alpha value is -2.00. The lowest BCUT2D eigenvalue weighted by molar-refractivity contribution is -0.119. The number of sulfonamides is 1. The van der Waals surface area contributed by atoms with Crippen LogP contribution >= 0.6 is 22.9 Å². The van der Waals surface area contributed by atoms with E-state index in [0.29, 0.717) is 29.5 Å². The summed E-state index contributed by atoms with van der Waals surface area (Å²) in [6.45, 7) is 4.29. The molecule has 6 nitrogen and oxygen atoms in total. The van der Waals surface area contributed by atoms with Crippen LogP contribution in [-0.4, -0.2) is 36.2 Å². The molecule has 1 fully saturated rings. The fraction of sp³-hybridized carbons (Fsp3) is 0.300. The molecule has 0 spiro atoms. The number of carbonyl (C=O) groups excluding carboxylic acids is 1. The van der Waals surface area contributed by atoms with Crippen molar-refractivity contribution in [3.8, 4) is 0 Å². The summed E-state index contributed by atoms with van der Waals surface area (Å²) in [5.41, 5.74) is 2.99. The van der Waals surface area contributed by atoms with Crippen LogP contribution in [0.5, 0.6) is 0 Å². The van der Waals surface area contributed by atoms with Crippen LogP contribution in [-0.2, 0) is 14.8 Å². The molecular weight excluding hydrogens is 430 g/mol. The number of thiazole rings is 1. The molecule has 1 N–H and O–H groups in total. The van der Waals surface area contributed by atoms with Crippen molar-refractivity contribution in [2.24, 2.45) is 0 Å². The average molecular weight is 450 g/mol. The molecule has 1 saturated heterocycles. The third kappa shape index (κ3) is 3.77. The van der Waals surface area contributed by atoms with Crippen LogP contribution in [0.25, 0.3) is 10.2 Å². The summed E-state index contributed by atoms with van der Waals surface area (Å²) in [7, 11) is -3.78. The van der Waals surface area contributed by atoms with Gasteiger partial charge in [0.2, 0.25) is 15.9 Å². The molecule has 0 bridgehead atoms. The third-order valence-electron chi connectivity index (χ3n) is 5.10. The molecule has 1 atom stereocenters. The predicted octanol–water partition coefficient (Wildman–Crippen LogP) is 4.36. The Morgan fingerprint density at radius 3 is 2.55 bits per heavy atom. The smallest absolute Gasteiger partial charge is 0.244 e. The lowest BCUT2D eigenvalue weighted by Crippen LogP contribution is -2.43. The number of rotatable bonds is 4. The highest BCUT2D eigenvalue weighted by atomic mass is 35.5. The number of hydrogen-bond acceptors (Lipinski definition) is 5. The second-order valence-electron chi connectivity index (χ2n) is 7.11. The minimum absolute atomic E-state index is 0.132. The molecule has 9 heteroatoms. The Morgan fingerprint density at radius 2 is 1.86 bits per heavy atom. The van der Waals surface area contributed by atoms with Crippen LogP contribution in [0.3, 0.4) is 0 Å². The first-order valence-electron chi connectivity index (χ1n) is 9.22. The molecule has 0 saturated carbocycles. The first-order chi connectivity index (χ1) is 13.8. The van der Waals surface area contributed by atoms with E-state index < -0.39 is 16.1 Å². The van der Waals surface area contributed by atoms with E-state index in [4.69, 9.17) is 11.6 Å². The van der Waals surface area contributed by atoms with Crippen molar-refractivity contribution in [1.82, 2.24) is 9.29 Å². The van der Waals surface area contributed by atoms with Crippen LogP contribution in [0.15, 0.2) is 41.3 Å².